The predicted molar refractivity (Wildman–Crippen MR) is 47.7 cm³/mol. The SMILES string of the molecule is COC(=O)CC(CN)SC(C)=O. The summed E-state index contributed by atoms with van der Waals surface area (Å²) in [6.07, 6.45) is 0.192. The van der Waals surface area contributed by atoms with Gasteiger partial charge < -0.3 is 10.5 Å². The van der Waals surface area contributed by atoms with Gasteiger partial charge in [-0.2, -0.15) is 0 Å². The van der Waals surface area contributed by atoms with Crippen molar-refractivity contribution in [1.29, 1.82) is 0 Å². The molecule has 5 heteroatoms. The van der Waals surface area contributed by atoms with E-state index in [9.17, 15) is 9.59 Å². The quantitative estimate of drug-likeness (QED) is 0.641. The highest BCUT2D eigenvalue weighted by Crippen LogP contribution is 2.14. The van der Waals surface area contributed by atoms with Crippen molar-refractivity contribution in [3.63, 3.8) is 0 Å². The molecule has 0 aromatic rings. The molecule has 0 bridgehead atoms. The highest BCUT2D eigenvalue weighted by atomic mass is 32.2. The van der Waals surface area contributed by atoms with Gasteiger partial charge in [-0.05, 0) is 0 Å². The molecule has 70 valence electrons. The van der Waals surface area contributed by atoms with E-state index in [2.05, 4.69) is 4.74 Å². The van der Waals surface area contributed by atoms with Crippen LogP contribution >= 0.6 is 11.8 Å². The summed E-state index contributed by atoms with van der Waals surface area (Å²) >= 11 is 1.08. The maximum Gasteiger partial charge on any atom is 0.306 e. The highest BCUT2D eigenvalue weighted by molar-refractivity contribution is 8.14. The molecule has 0 heterocycles. The normalized spacial score (nSPS) is 12.2. The highest BCUT2D eigenvalue weighted by Gasteiger charge is 2.14. The molecule has 4 nitrogen and oxygen atoms in total. The number of ether oxygens (including phenoxy) is 1. The Bertz CT molecular complexity index is 172. The van der Waals surface area contributed by atoms with Crippen molar-refractivity contribution in [3.05, 3.63) is 0 Å². The molecule has 12 heavy (non-hydrogen) atoms. The van der Waals surface area contributed by atoms with Crippen molar-refractivity contribution in [1.82, 2.24) is 0 Å². The van der Waals surface area contributed by atoms with E-state index in [0.717, 1.165) is 11.8 Å². The maximum absolute atomic E-state index is 10.8. The van der Waals surface area contributed by atoms with Gasteiger partial charge in [0, 0.05) is 18.7 Å². The molecule has 0 aliphatic carbocycles. The van der Waals surface area contributed by atoms with E-state index in [1.807, 2.05) is 0 Å². The van der Waals surface area contributed by atoms with Gasteiger partial charge >= 0.3 is 5.97 Å². The summed E-state index contributed by atoms with van der Waals surface area (Å²) in [6.45, 7) is 1.75. The van der Waals surface area contributed by atoms with Crippen LogP contribution in [-0.2, 0) is 14.3 Å². The number of methoxy groups -OCH3 is 1. The minimum atomic E-state index is -0.334. The van der Waals surface area contributed by atoms with Gasteiger partial charge in [-0.25, -0.2) is 0 Å². The lowest BCUT2D eigenvalue weighted by Crippen LogP contribution is -2.22. The van der Waals surface area contributed by atoms with Gasteiger partial charge in [0.2, 0.25) is 0 Å². The van der Waals surface area contributed by atoms with E-state index in [-0.39, 0.29) is 22.8 Å². The molecule has 1 atom stereocenters. The van der Waals surface area contributed by atoms with Crippen molar-refractivity contribution in [2.75, 3.05) is 13.7 Å². The standard InChI is InChI=1S/C7H13NO3S/c1-5(9)12-6(4-8)3-7(10)11-2/h6H,3-4,8H2,1-2H3. The fourth-order valence-electron chi connectivity index (χ4n) is 0.677. The molecule has 0 radical (unpaired) electrons. The third-order valence-electron chi connectivity index (χ3n) is 1.22. The van der Waals surface area contributed by atoms with Crippen LogP contribution in [0.3, 0.4) is 0 Å². The van der Waals surface area contributed by atoms with Crippen LogP contribution in [0.2, 0.25) is 0 Å². The van der Waals surface area contributed by atoms with E-state index in [0.29, 0.717) is 6.54 Å². The zero-order valence-electron chi connectivity index (χ0n) is 7.20. The summed E-state index contributed by atoms with van der Waals surface area (Å²) in [5.41, 5.74) is 5.34. The molecule has 0 saturated carbocycles. The molecule has 0 fully saturated rings. The number of carbonyl (C=O) groups excluding carboxylic acids is 2. The Kier molecular flexibility index (Phi) is 5.74. The predicted octanol–water partition coefficient (Wildman–Crippen LogP) is 0.157. The zero-order chi connectivity index (χ0) is 9.56. The summed E-state index contributed by atoms with van der Waals surface area (Å²) in [5.74, 6) is -0.334. The minimum Gasteiger partial charge on any atom is -0.469 e. The molecular formula is C7H13NO3S. The molecule has 0 aliphatic rings. The topological polar surface area (TPSA) is 69.4 Å². The molecule has 0 aromatic heterocycles. The summed E-state index contributed by atoms with van der Waals surface area (Å²) < 4.78 is 4.44. The Morgan fingerprint density at radius 3 is 2.50 bits per heavy atom. The van der Waals surface area contributed by atoms with Crippen LogP contribution in [0.4, 0.5) is 0 Å². The second-order valence-electron chi connectivity index (χ2n) is 2.25. The Morgan fingerprint density at radius 1 is 1.58 bits per heavy atom. The van der Waals surface area contributed by atoms with E-state index in [4.69, 9.17) is 5.73 Å². The molecule has 0 amide bonds. The number of esters is 1. The fraction of sp³-hybridized carbons (Fsp3) is 0.714. The van der Waals surface area contributed by atoms with Crippen LogP contribution in [0.25, 0.3) is 0 Å². The average molecular weight is 191 g/mol. The first-order valence-electron chi connectivity index (χ1n) is 3.54. The van der Waals surface area contributed by atoms with E-state index >= 15 is 0 Å². The zero-order valence-corrected chi connectivity index (χ0v) is 8.02. The van der Waals surface area contributed by atoms with Crippen LogP contribution in [0.1, 0.15) is 13.3 Å². The molecule has 0 aliphatic heterocycles. The first-order chi connectivity index (χ1) is 5.60. The number of hydrogen-bond acceptors (Lipinski definition) is 5. The first kappa shape index (κ1) is 11.4. The molecule has 0 saturated heterocycles. The number of hydrogen-bond donors (Lipinski definition) is 1. The molecule has 1 unspecified atom stereocenters. The number of carbonyl (C=O) groups is 2. The summed E-state index contributed by atoms with van der Waals surface area (Å²) in [5, 5.41) is -0.190. The largest absolute Gasteiger partial charge is 0.469 e. The molecule has 0 spiro atoms. The van der Waals surface area contributed by atoms with E-state index in [1.165, 1.54) is 14.0 Å². The Hall–Kier alpha value is -0.550. The number of rotatable bonds is 4. The summed E-state index contributed by atoms with van der Waals surface area (Å²) in [6, 6.07) is 0. The smallest absolute Gasteiger partial charge is 0.306 e. The lowest BCUT2D eigenvalue weighted by molar-refractivity contribution is -0.140. The summed E-state index contributed by atoms with van der Waals surface area (Å²) in [4.78, 5) is 21.4. The third-order valence-corrected chi connectivity index (χ3v) is 2.24. The van der Waals surface area contributed by atoms with Gasteiger partial charge in [-0.3, -0.25) is 9.59 Å². The van der Waals surface area contributed by atoms with Gasteiger partial charge in [0.25, 0.3) is 0 Å². The number of nitrogens with two attached hydrogens (primary N) is 1. The van der Waals surface area contributed by atoms with Crippen molar-refractivity contribution >= 4 is 22.8 Å². The van der Waals surface area contributed by atoms with Crippen LogP contribution in [0.15, 0.2) is 0 Å². The van der Waals surface area contributed by atoms with Crippen molar-refractivity contribution in [2.24, 2.45) is 5.73 Å². The summed E-state index contributed by atoms with van der Waals surface area (Å²) in [7, 11) is 1.31. The number of thioether (sulfide) groups is 1. The molecule has 0 rings (SSSR count). The van der Waals surface area contributed by atoms with Gasteiger partial charge in [-0.1, -0.05) is 11.8 Å². The van der Waals surface area contributed by atoms with Gasteiger partial charge in [0.1, 0.15) is 0 Å². The molecular weight excluding hydrogens is 178 g/mol. The minimum absolute atomic E-state index is 0.0330. The Morgan fingerprint density at radius 2 is 2.17 bits per heavy atom. The van der Waals surface area contributed by atoms with Gasteiger partial charge in [0.15, 0.2) is 5.12 Å². The maximum atomic E-state index is 10.8. The van der Waals surface area contributed by atoms with Gasteiger partial charge in [-0.15, -0.1) is 0 Å². The van der Waals surface area contributed by atoms with Crippen LogP contribution in [0.5, 0.6) is 0 Å². The van der Waals surface area contributed by atoms with Gasteiger partial charge in [0.05, 0.1) is 13.5 Å². The van der Waals surface area contributed by atoms with Crippen LogP contribution in [0, 0.1) is 0 Å². The average Bonchev–Trinajstić information content (AvgIpc) is 2.02. The van der Waals surface area contributed by atoms with Crippen molar-refractivity contribution in [2.45, 2.75) is 18.6 Å². The second-order valence-corrected chi connectivity index (χ2v) is 3.72. The van der Waals surface area contributed by atoms with Crippen LogP contribution < -0.4 is 5.73 Å². The monoisotopic (exact) mass is 191 g/mol. The van der Waals surface area contributed by atoms with E-state index < -0.39 is 0 Å². The Labute approximate surface area is 75.8 Å². The Balaban J connectivity index is 3.82. The molecule has 2 N–H and O–H groups in total. The third kappa shape index (κ3) is 5.15. The van der Waals surface area contributed by atoms with Crippen molar-refractivity contribution < 1.29 is 14.3 Å². The van der Waals surface area contributed by atoms with Crippen molar-refractivity contribution in [3.8, 4) is 0 Å². The van der Waals surface area contributed by atoms with Crippen LogP contribution in [-0.4, -0.2) is 30.0 Å². The van der Waals surface area contributed by atoms with E-state index in [1.54, 1.807) is 0 Å². The fourth-order valence-corrected chi connectivity index (χ4v) is 1.46. The lowest BCUT2D eigenvalue weighted by Gasteiger charge is -2.09. The first-order valence-corrected chi connectivity index (χ1v) is 4.42. The second kappa shape index (κ2) is 6.02. The lowest BCUT2D eigenvalue weighted by atomic mass is 10.3. The molecule has 0 aromatic carbocycles.